The van der Waals surface area contributed by atoms with Gasteiger partial charge in [-0.15, -0.1) is 0 Å². The Hall–Kier alpha value is -1.91. The first-order valence-electron chi connectivity index (χ1n) is 7.90. The minimum Gasteiger partial charge on any atom is -0.508 e. The third kappa shape index (κ3) is 2.49. The first kappa shape index (κ1) is 13.7. The second kappa shape index (κ2) is 5.38. The van der Waals surface area contributed by atoms with E-state index in [0.717, 1.165) is 42.6 Å². The fourth-order valence-corrected chi connectivity index (χ4v) is 3.62. The fourth-order valence-electron chi connectivity index (χ4n) is 3.62. The first-order chi connectivity index (χ1) is 10.7. The van der Waals surface area contributed by atoms with Crippen molar-refractivity contribution in [2.45, 2.75) is 30.8 Å². The van der Waals surface area contributed by atoms with Crippen LogP contribution in [0.3, 0.4) is 0 Å². The molecule has 0 amide bonds. The van der Waals surface area contributed by atoms with E-state index in [0.29, 0.717) is 12.1 Å². The summed E-state index contributed by atoms with van der Waals surface area (Å²) in [5.74, 6) is -0.100. The van der Waals surface area contributed by atoms with Gasteiger partial charge in [-0.2, -0.15) is 0 Å². The van der Waals surface area contributed by atoms with Gasteiger partial charge in [0.25, 0.3) is 0 Å². The third-order valence-corrected chi connectivity index (χ3v) is 4.85. The second-order valence-corrected chi connectivity index (χ2v) is 6.47. The Labute approximate surface area is 129 Å². The van der Waals surface area contributed by atoms with Crippen LogP contribution in [0.5, 0.6) is 5.75 Å². The van der Waals surface area contributed by atoms with Gasteiger partial charge in [0.1, 0.15) is 5.75 Å². The van der Waals surface area contributed by atoms with E-state index in [-0.39, 0.29) is 17.5 Å². The zero-order valence-electron chi connectivity index (χ0n) is 12.4. The van der Waals surface area contributed by atoms with Crippen molar-refractivity contribution >= 4 is 5.78 Å². The SMILES string of the molecule is O=C1C=CC2=C[C@@H]1c1cc(ccc1O)C[C@H]1CN[C@H](CN1)C2. The fraction of sp³-hybridized carbons (Fsp3) is 0.389. The predicted octanol–water partition coefficient (Wildman–Crippen LogP) is 1.42. The molecule has 1 fully saturated rings. The third-order valence-electron chi connectivity index (χ3n) is 4.85. The van der Waals surface area contributed by atoms with Crippen LogP contribution in [0.1, 0.15) is 23.5 Å². The molecular weight excluding hydrogens is 276 g/mol. The average molecular weight is 296 g/mol. The highest BCUT2D eigenvalue weighted by molar-refractivity contribution is 5.99. The Bertz CT molecular complexity index is 670. The molecule has 1 saturated heterocycles. The zero-order chi connectivity index (χ0) is 15.1. The van der Waals surface area contributed by atoms with Crippen LogP contribution in [0.4, 0.5) is 0 Å². The van der Waals surface area contributed by atoms with E-state index in [9.17, 15) is 9.90 Å². The van der Waals surface area contributed by atoms with Crippen molar-refractivity contribution in [3.63, 3.8) is 0 Å². The molecule has 5 rings (SSSR count). The summed E-state index contributed by atoms with van der Waals surface area (Å²) in [5.41, 5.74) is 3.05. The molecule has 6 bridgehead atoms. The minimum absolute atomic E-state index is 0.0458. The van der Waals surface area contributed by atoms with Crippen LogP contribution in [0.15, 0.2) is 42.0 Å². The number of ketones is 1. The minimum atomic E-state index is -0.356. The number of fused-ring (bicyclic) bond motifs is 2. The van der Waals surface area contributed by atoms with Crippen molar-refractivity contribution in [1.82, 2.24) is 10.6 Å². The summed E-state index contributed by atoms with van der Waals surface area (Å²) in [5, 5.41) is 17.4. The van der Waals surface area contributed by atoms with Gasteiger partial charge in [-0.05, 0) is 36.1 Å². The molecule has 1 aromatic rings. The number of carbonyl (C=O) groups is 1. The lowest BCUT2D eigenvalue weighted by atomic mass is 9.84. The van der Waals surface area contributed by atoms with E-state index in [1.54, 1.807) is 12.1 Å². The van der Waals surface area contributed by atoms with Crippen LogP contribution in [0.25, 0.3) is 0 Å². The van der Waals surface area contributed by atoms with Gasteiger partial charge in [-0.3, -0.25) is 4.79 Å². The van der Waals surface area contributed by atoms with Crippen LogP contribution in [0, 0.1) is 0 Å². The van der Waals surface area contributed by atoms with E-state index in [1.807, 2.05) is 24.3 Å². The number of phenols is 1. The number of phenolic OH excluding ortho intramolecular Hbond substituents is 1. The van der Waals surface area contributed by atoms with Gasteiger partial charge in [-0.1, -0.05) is 24.3 Å². The van der Waals surface area contributed by atoms with Gasteiger partial charge >= 0.3 is 0 Å². The summed E-state index contributed by atoms with van der Waals surface area (Å²) in [7, 11) is 0. The van der Waals surface area contributed by atoms with Crippen molar-refractivity contribution in [3.05, 3.63) is 53.1 Å². The summed E-state index contributed by atoms with van der Waals surface area (Å²) in [6, 6.07) is 6.45. The molecule has 0 radical (unpaired) electrons. The second-order valence-electron chi connectivity index (χ2n) is 6.47. The Morgan fingerprint density at radius 3 is 2.59 bits per heavy atom. The summed E-state index contributed by atoms with van der Waals surface area (Å²) < 4.78 is 0. The summed E-state index contributed by atoms with van der Waals surface area (Å²) in [4.78, 5) is 12.3. The molecule has 1 aliphatic carbocycles. The smallest absolute Gasteiger partial charge is 0.167 e. The molecule has 4 heteroatoms. The predicted molar refractivity (Wildman–Crippen MR) is 85.0 cm³/mol. The van der Waals surface area contributed by atoms with Crippen LogP contribution in [-0.4, -0.2) is 36.1 Å². The van der Waals surface area contributed by atoms with Crippen molar-refractivity contribution < 1.29 is 9.90 Å². The number of rotatable bonds is 0. The lowest BCUT2D eigenvalue weighted by Crippen LogP contribution is -2.55. The molecular formula is C18H20N2O2. The van der Waals surface area contributed by atoms with Gasteiger partial charge in [0, 0.05) is 30.7 Å². The maximum atomic E-state index is 12.3. The average Bonchev–Trinajstić information content (AvgIpc) is 2.52. The largest absolute Gasteiger partial charge is 0.508 e. The lowest BCUT2D eigenvalue weighted by Gasteiger charge is -2.33. The van der Waals surface area contributed by atoms with E-state index in [2.05, 4.69) is 10.6 Å². The Morgan fingerprint density at radius 2 is 1.82 bits per heavy atom. The van der Waals surface area contributed by atoms with Crippen molar-refractivity contribution in [2.75, 3.05) is 13.1 Å². The molecule has 114 valence electrons. The lowest BCUT2D eigenvalue weighted by molar-refractivity contribution is -0.115. The molecule has 3 aliphatic heterocycles. The monoisotopic (exact) mass is 296 g/mol. The number of allylic oxidation sites excluding steroid dienone is 3. The molecule has 4 aliphatic rings. The Morgan fingerprint density at radius 1 is 1.05 bits per heavy atom. The molecule has 0 saturated carbocycles. The van der Waals surface area contributed by atoms with Gasteiger partial charge in [-0.25, -0.2) is 0 Å². The quantitative estimate of drug-likeness (QED) is 0.677. The van der Waals surface area contributed by atoms with E-state index >= 15 is 0 Å². The molecule has 4 nitrogen and oxygen atoms in total. The maximum Gasteiger partial charge on any atom is 0.167 e. The van der Waals surface area contributed by atoms with Gasteiger partial charge in [0.2, 0.25) is 0 Å². The first-order valence-corrected chi connectivity index (χ1v) is 7.90. The number of hydrogen-bond acceptors (Lipinski definition) is 4. The van der Waals surface area contributed by atoms with Crippen molar-refractivity contribution in [3.8, 4) is 5.75 Å². The van der Waals surface area contributed by atoms with Crippen molar-refractivity contribution in [1.29, 1.82) is 0 Å². The number of carbonyl (C=O) groups excluding carboxylic acids is 1. The van der Waals surface area contributed by atoms with E-state index in [4.69, 9.17) is 0 Å². The maximum absolute atomic E-state index is 12.3. The summed E-state index contributed by atoms with van der Waals surface area (Å²) >= 11 is 0. The highest BCUT2D eigenvalue weighted by Crippen LogP contribution is 2.33. The standard InChI is InChI=1S/C18H20N2O2/c21-17-3-1-11-5-13-9-20-14(10-19-13)6-12-2-4-18(22)16(8-12)15(17)7-11/h1-4,7-8,13-15,19-20,22H,5-6,9-10H2/t13-,14-,15+/m0/s1. The molecule has 22 heavy (non-hydrogen) atoms. The number of nitrogens with one attached hydrogen (secondary N) is 2. The van der Waals surface area contributed by atoms with Gasteiger partial charge in [0.05, 0.1) is 5.92 Å². The number of aromatic hydroxyl groups is 1. The Balaban J connectivity index is 1.81. The summed E-state index contributed by atoms with van der Waals surface area (Å²) in [6.07, 6.45) is 7.38. The highest BCUT2D eigenvalue weighted by Gasteiger charge is 2.27. The van der Waals surface area contributed by atoms with Crippen LogP contribution >= 0.6 is 0 Å². The topological polar surface area (TPSA) is 61.4 Å². The molecule has 0 unspecified atom stereocenters. The van der Waals surface area contributed by atoms with Crippen LogP contribution < -0.4 is 10.6 Å². The van der Waals surface area contributed by atoms with E-state index in [1.165, 1.54) is 0 Å². The molecule has 3 heterocycles. The highest BCUT2D eigenvalue weighted by atomic mass is 16.3. The van der Waals surface area contributed by atoms with E-state index < -0.39 is 0 Å². The van der Waals surface area contributed by atoms with Gasteiger partial charge in [0.15, 0.2) is 5.78 Å². The zero-order valence-corrected chi connectivity index (χ0v) is 12.4. The molecule has 0 aromatic heterocycles. The van der Waals surface area contributed by atoms with Gasteiger partial charge < -0.3 is 15.7 Å². The molecule has 3 N–H and O–H groups in total. The van der Waals surface area contributed by atoms with Crippen LogP contribution in [0.2, 0.25) is 0 Å². The molecule has 1 aromatic carbocycles. The van der Waals surface area contributed by atoms with Crippen molar-refractivity contribution in [2.24, 2.45) is 0 Å². The summed E-state index contributed by atoms with van der Waals surface area (Å²) in [6.45, 7) is 1.89. The number of benzene rings is 1. The molecule has 3 atom stereocenters. The Kier molecular flexibility index (Phi) is 3.36. The van der Waals surface area contributed by atoms with Crippen LogP contribution in [-0.2, 0) is 11.2 Å². The normalized spacial score (nSPS) is 30.5. The number of hydrogen-bond donors (Lipinski definition) is 3. The number of piperazine rings is 1. The molecule has 0 spiro atoms.